The molecule has 2 nitrogen and oxygen atoms in total. The Morgan fingerprint density at radius 1 is 1.12 bits per heavy atom. The van der Waals surface area contributed by atoms with Crippen molar-refractivity contribution in [3.63, 3.8) is 0 Å². The van der Waals surface area contributed by atoms with Gasteiger partial charge < -0.3 is 9.72 Å². The Balaban J connectivity index is 2.31. The lowest BCUT2D eigenvalue weighted by Crippen LogP contribution is -1.90. The summed E-state index contributed by atoms with van der Waals surface area (Å²) in [5, 5.41) is 0. The molecule has 0 spiro atoms. The average molecular weight is 215 g/mol. The summed E-state index contributed by atoms with van der Waals surface area (Å²) < 4.78 is 5.42. The first-order valence-electron chi connectivity index (χ1n) is 5.60. The van der Waals surface area contributed by atoms with E-state index >= 15 is 0 Å². The van der Waals surface area contributed by atoms with Crippen molar-refractivity contribution < 1.29 is 4.74 Å². The highest BCUT2D eigenvalue weighted by molar-refractivity contribution is 5.67. The molecule has 0 amide bonds. The molecular formula is C14H17NO. The largest absolute Gasteiger partial charge is 0.494 e. The molecule has 0 bridgehead atoms. The first-order chi connectivity index (χ1) is 7.70. The molecule has 0 radical (unpaired) electrons. The second kappa shape index (κ2) is 4.44. The van der Waals surface area contributed by atoms with Gasteiger partial charge in [-0.1, -0.05) is 12.1 Å². The van der Waals surface area contributed by atoms with Crippen LogP contribution in [0.15, 0.2) is 30.3 Å². The fourth-order valence-corrected chi connectivity index (χ4v) is 1.92. The van der Waals surface area contributed by atoms with E-state index in [0.29, 0.717) is 6.61 Å². The number of aromatic nitrogens is 1. The Hall–Kier alpha value is -1.70. The molecule has 0 atom stereocenters. The average Bonchev–Trinajstić information content (AvgIpc) is 2.59. The van der Waals surface area contributed by atoms with Crippen LogP contribution in [0.1, 0.15) is 18.3 Å². The first-order valence-corrected chi connectivity index (χ1v) is 5.60. The number of nitrogens with one attached hydrogen (secondary N) is 1. The van der Waals surface area contributed by atoms with Crippen molar-refractivity contribution in [1.29, 1.82) is 0 Å². The molecule has 1 N–H and O–H groups in total. The van der Waals surface area contributed by atoms with Crippen LogP contribution in [0.5, 0.6) is 5.75 Å². The number of rotatable bonds is 3. The topological polar surface area (TPSA) is 25.0 Å². The van der Waals surface area contributed by atoms with Crippen LogP contribution >= 0.6 is 0 Å². The molecule has 1 aromatic carbocycles. The lowest BCUT2D eigenvalue weighted by Gasteiger charge is -2.04. The number of aromatic amines is 1. The fraction of sp³-hybridized carbons (Fsp3) is 0.286. The molecule has 0 aliphatic rings. The lowest BCUT2D eigenvalue weighted by atomic mass is 10.1. The Labute approximate surface area is 96.3 Å². The van der Waals surface area contributed by atoms with Crippen molar-refractivity contribution >= 4 is 0 Å². The summed E-state index contributed by atoms with van der Waals surface area (Å²) in [4.78, 5) is 3.31. The summed E-state index contributed by atoms with van der Waals surface area (Å²) in [7, 11) is 0. The molecule has 16 heavy (non-hydrogen) atoms. The predicted octanol–water partition coefficient (Wildman–Crippen LogP) is 3.70. The van der Waals surface area contributed by atoms with Gasteiger partial charge in [0.15, 0.2) is 0 Å². The van der Waals surface area contributed by atoms with Crippen LogP contribution in [0.4, 0.5) is 0 Å². The molecule has 2 aromatic rings. The van der Waals surface area contributed by atoms with Gasteiger partial charge in [0.05, 0.1) is 6.61 Å². The van der Waals surface area contributed by atoms with Gasteiger partial charge in [0.2, 0.25) is 0 Å². The normalized spacial score (nSPS) is 10.4. The van der Waals surface area contributed by atoms with E-state index in [1.807, 2.05) is 19.1 Å². The van der Waals surface area contributed by atoms with E-state index < -0.39 is 0 Å². The summed E-state index contributed by atoms with van der Waals surface area (Å²) in [6.45, 7) is 6.87. The van der Waals surface area contributed by atoms with Crippen molar-refractivity contribution in [1.82, 2.24) is 4.98 Å². The Morgan fingerprint density at radius 3 is 2.31 bits per heavy atom. The molecule has 1 heterocycles. The van der Waals surface area contributed by atoms with Gasteiger partial charge in [-0.2, -0.15) is 0 Å². The maximum absolute atomic E-state index is 5.42. The molecule has 0 saturated heterocycles. The van der Waals surface area contributed by atoms with Crippen LogP contribution < -0.4 is 4.74 Å². The van der Waals surface area contributed by atoms with Gasteiger partial charge in [-0.25, -0.2) is 0 Å². The van der Waals surface area contributed by atoms with Crippen molar-refractivity contribution in [3.05, 3.63) is 41.7 Å². The van der Waals surface area contributed by atoms with Crippen molar-refractivity contribution in [2.45, 2.75) is 20.8 Å². The van der Waals surface area contributed by atoms with E-state index in [-0.39, 0.29) is 0 Å². The molecule has 84 valence electrons. The second-order valence-corrected chi connectivity index (χ2v) is 3.95. The molecule has 0 fully saturated rings. The number of benzene rings is 1. The van der Waals surface area contributed by atoms with E-state index in [1.165, 1.54) is 22.5 Å². The van der Waals surface area contributed by atoms with Crippen molar-refractivity contribution in [3.8, 4) is 16.9 Å². The number of hydrogen-bond donors (Lipinski definition) is 1. The molecule has 2 rings (SSSR count). The number of ether oxygens (including phenoxy) is 1. The highest BCUT2D eigenvalue weighted by Gasteiger charge is 2.04. The third kappa shape index (κ3) is 2.11. The number of aryl methyl sites for hydroxylation is 2. The molecule has 1 aromatic heterocycles. The first kappa shape index (κ1) is 10.8. The van der Waals surface area contributed by atoms with Gasteiger partial charge in [0.25, 0.3) is 0 Å². The summed E-state index contributed by atoms with van der Waals surface area (Å²) in [6, 6.07) is 10.4. The molecule has 2 heteroatoms. The lowest BCUT2D eigenvalue weighted by molar-refractivity contribution is 0.340. The van der Waals surface area contributed by atoms with E-state index in [4.69, 9.17) is 4.74 Å². The summed E-state index contributed by atoms with van der Waals surface area (Å²) >= 11 is 0. The second-order valence-electron chi connectivity index (χ2n) is 3.95. The van der Waals surface area contributed by atoms with Crippen LogP contribution in [0, 0.1) is 13.8 Å². The molecular weight excluding hydrogens is 198 g/mol. The minimum atomic E-state index is 0.710. The van der Waals surface area contributed by atoms with E-state index in [1.54, 1.807) is 0 Å². The zero-order valence-corrected chi connectivity index (χ0v) is 10.0. The standard InChI is InChI=1S/C14H17NO/c1-4-16-13-7-5-12(6-8-13)14-9-10(2)15-11(14)3/h5-9,15H,4H2,1-3H3. The van der Waals surface area contributed by atoms with Crippen LogP contribution in [0.25, 0.3) is 11.1 Å². The fourth-order valence-electron chi connectivity index (χ4n) is 1.92. The van der Waals surface area contributed by atoms with E-state index in [2.05, 4.69) is 37.0 Å². The van der Waals surface area contributed by atoms with Gasteiger partial charge in [-0.3, -0.25) is 0 Å². The minimum Gasteiger partial charge on any atom is -0.494 e. The van der Waals surface area contributed by atoms with Gasteiger partial charge in [0, 0.05) is 17.0 Å². The van der Waals surface area contributed by atoms with Gasteiger partial charge in [0.1, 0.15) is 5.75 Å². The third-order valence-electron chi connectivity index (χ3n) is 2.63. The highest BCUT2D eigenvalue weighted by atomic mass is 16.5. The maximum atomic E-state index is 5.42. The van der Waals surface area contributed by atoms with Gasteiger partial charge in [-0.05, 0) is 44.5 Å². The SMILES string of the molecule is CCOc1ccc(-c2cc(C)[nH]c2C)cc1. The van der Waals surface area contributed by atoms with Gasteiger partial charge >= 0.3 is 0 Å². The summed E-state index contributed by atoms with van der Waals surface area (Å²) in [5.74, 6) is 0.927. The summed E-state index contributed by atoms with van der Waals surface area (Å²) in [6.07, 6.45) is 0. The summed E-state index contributed by atoms with van der Waals surface area (Å²) in [5.41, 5.74) is 4.90. The van der Waals surface area contributed by atoms with Crippen LogP contribution in [0.3, 0.4) is 0 Å². The third-order valence-corrected chi connectivity index (χ3v) is 2.63. The smallest absolute Gasteiger partial charge is 0.119 e. The molecule has 0 saturated carbocycles. The quantitative estimate of drug-likeness (QED) is 0.829. The van der Waals surface area contributed by atoms with Crippen molar-refractivity contribution in [2.75, 3.05) is 6.61 Å². The van der Waals surface area contributed by atoms with E-state index in [9.17, 15) is 0 Å². The monoisotopic (exact) mass is 215 g/mol. The molecule has 0 aliphatic heterocycles. The molecule has 0 unspecified atom stereocenters. The molecule has 0 aliphatic carbocycles. The van der Waals surface area contributed by atoms with Crippen LogP contribution in [0.2, 0.25) is 0 Å². The number of hydrogen-bond acceptors (Lipinski definition) is 1. The zero-order chi connectivity index (χ0) is 11.5. The van der Waals surface area contributed by atoms with Crippen LogP contribution in [-0.4, -0.2) is 11.6 Å². The zero-order valence-electron chi connectivity index (χ0n) is 10.0. The minimum absolute atomic E-state index is 0.710. The highest BCUT2D eigenvalue weighted by Crippen LogP contribution is 2.26. The van der Waals surface area contributed by atoms with Crippen LogP contribution in [-0.2, 0) is 0 Å². The van der Waals surface area contributed by atoms with E-state index in [0.717, 1.165) is 5.75 Å². The Kier molecular flexibility index (Phi) is 3.00. The maximum Gasteiger partial charge on any atom is 0.119 e. The number of H-pyrrole nitrogens is 1. The Morgan fingerprint density at radius 2 is 1.81 bits per heavy atom. The van der Waals surface area contributed by atoms with Crippen molar-refractivity contribution in [2.24, 2.45) is 0 Å². The predicted molar refractivity (Wildman–Crippen MR) is 66.9 cm³/mol. The van der Waals surface area contributed by atoms with Gasteiger partial charge in [-0.15, -0.1) is 0 Å². The Bertz CT molecular complexity index is 468.